The van der Waals surface area contributed by atoms with E-state index in [-0.39, 0.29) is 16.5 Å². The summed E-state index contributed by atoms with van der Waals surface area (Å²) in [6.07, 6.45) is -0.344. The van der Waals surface area contributed by atoms with Crippen molar-refractivity contribution in [3.8, 4) is 0 Å². The maximum absolute atomic E-state index is 12.9. The van der Waals surface area contributed by atoms with Crippen molar-refractivity contribution in [2.45, 2.75) is 12.5 Å². The summed E-state index contributed by atoms with van der Waals surface area (Å²) in [5.74, 6) is -3.15. The third-order valence-corrected chi connectivity index (χ3v) is 2.52. The molecule has 1 rings (SSSR count). The van der Waals surface area contributed by atoms with Crippen LogP contribution in [0.3, 0.4) is 0 Å². The molecule has 0 bridgehead atoms. The Bertz CT molecular complexity index is 398. The van der Waals surface area contributed by atoms with Gasteiger partial charge in [0, 0.05) is 10.5 Å². The smallest absolute Gasteiger partial charge is 0.305 e. The van der Waals surface area contributed by atoms with Crippen molar-refractivity contribution in [2.75, 3.05) is 0 Å². The lowest BCUT2D eigenvalue weighted by atomic mass is 10.0. The molecule has 0 amide bonds. The standard InChI is InChI=1S/C9H8BrF2NO2/c10-5-2-7(12)6(11)1-4(5)8(13)3-9(14)15/h1-2,8H,3,13H2,(H,14,15). The highest BCUT2D eigenvalue weighted by Crippen LogP contribution is 2.26. The Labute approximate surface area is 93.0 Å². The molecular weight excluding hydrogens is 272 g/mol. The Hall–Kier alpha value is -1.01. The monoisotopic (exact) mass is 279 g/mol. The number of carbonyl (C=O) groups is 1. The molecule has 0 aliphatic carbocycles. The number of halogens is 3. The molecule has 6 heteroatoms. The number of benzene rings is 1. The number of hydrogen-bond acceptors (Lipinski definition) is 2. The summed E-state index contributed by atoms with van der Waals surface area (Å²) in [4.78, 5) is 10.4. The number of rotatable bonds is 3. The zero-order valence-electron chi connectivity index (χ0n) is 7.51. The molecule has 82 valence electrons. The van der Waals surface area contributed by atoms with E-state index in [0.717, 1.165) is 12.1 Å². The van der Waals surface area contributed by atoms with Gasteiger partial charge in [0.05, 0.1) is 6.42 Å². The average Bonchev–Trinajstić information content (AvgIpc) is 2.09. The second-order valence-electron chi connectivity index (χ2n) is 2.99. The van der Waals surface area contributed by atoms with Crippen LogP contribution in [0.25, 0.3) is 0 Å². The predicted octanol–water partition coefficient (Wildman–Crippen LogP) is 2.20. The van der Waals surface area contributed by atoms with Crippen molar-refractivity contribution in [1.82, 2.24) is 0 Å². The Balaban J connectivity index is 3.03. The molecule has 0 spiro atoms. The van der Waals surface area contributed by atoms with Gasteiger partial charge in [-0.05, 0) is 17.7 Å². The van der Waals surface area contributed by atoms with E-state index in [0.29, 0.717) is 0 Å². The van der Waals surface area contributed by atoms with E-state index in [1.165, 1.54) is 0 Å². The van der Waals surface area contributed by atoms with Crippen LogP contribution < -0.4 is 5.73 Å². The SMILES string of the molecule is NC(CC(=O)O)c1cc(F)c(F)cc1Br. The van der Waals surface area contributed by atoms with Gasteiger partial charge in [-0.1, -0.05) is 15.9 Å². The van der Waals surface area contributed by atoms with Gasteiger partial charge in [0.25, 0.3) is 0 Å². The Morgan fingerprint density at radius 2 is 2.00 bits per heavy atom. The quantitative estimate of drug-likeness (QED) is 0.834. The maximum atomic E-state index is 12.9. The van der Waals surface area contributed by atoms with Crippen LogP contribution in [0.2, 0.25) is 0 Å². The van der Waals surface area contributed by atoms with E-state index < -0.39 is 23.6 Å². The molecule has 3 N–H and O–H groups in total. The fourth-order valence-corrected chi connectivity index (χ4v) is 1.73. The van der Waals surface area contributed by atoms with Crippen molar-refractivity contribution in [2.24, 2.45) is 5.73 Å². The first-order valence-electron chi connectivity index (χ1n) is 4.03. The number of carboxylic acids is 1. The van der Waals surface area contributed by atoms with E-state index >= 15 is 0 Å². The first-order valence-corrected chi connectivity index (χ1v) is 4.83. The second kappa shape index (κ2) is 4.67. The third kappa shape index (κ3) is 2.97. The fraction of sp³-hybridized carbons (Fsp3) is 0.222. The van der Waals surface area contributed by atoms with Crippen LogP contribution in [0.5, 0.6) is 0 Å². The summed E-state index contributed by atoms with van der Waals surface area (Å²) in [7, 11) is 0. The predicted molar refractivity (Wildman–Crippen MR) is 53.2 cm³/mol. The van der Waals surface area contributed by atoms with Gasteiger partial charge in [0.15, 0.2) is 11.6 Å². The largest absolute Gasteiger partial charge is 0.481 e. The van der Waals surface area contributed by atoms with E-state index in [9.17, 15) is 13.6 Å². The van der Waals surface area contributed by atoms with E-state index in [4.69, 9.17) is 10.8 Å². The van der Waals surface area contributed by atoms with E-state index in [2.05, 4.69) is 15.9 Å². The highest BCUT2D eigenvalue weighted by Gasteiger charge is 2.16. The molecule has 0 aliphatic heterocycles. The normalized spacial score (nSPS) is 12.5. The molecule has 0 saturated carbocycles. The molecule has 0 saturated heterocycles. The minimum absolute atomic E-state index is 0.233. The molecule has 1 aromatic rings. The first kappa shape index (κ1) is 12.1. The van der Waals surface area contributed by atoms with Gasteiger partial charge in [-0.25, -0.2) is 8.78 Å². The molecule has 0 heterocycles. The number of nitrogens with two attached hydrogens (primary N) is 1. The molecule has 0 aliphatic rings. The minimum atomic E-state index is -1.10. The number of hydrogen-bond donors (Lipinski definition) is 2. The zero-order valence-corrected chi connectivity index (χ0v) is 9.09. The summed E-state index contributed by atoms with van der Waals surface area (Å²) in [5, 5.41) is 8.50. The lowest BCUT2D eigenvalue weighted by Crippen LogP contribution is -2.16. The van der Waals surface area contributed by atoms with Gasteiger partial charge in [0.2, 0.25) is 0 Å². The molecule has 0 fully saturated rings. The molecule has 1 atom stereocenters. The zero-order chi connectivity index (χ0) is 11.6. The maximum Gasteiger partial charge on any atom is 0.305 e. The highest BCUT2D eigenvalue weighted by molar-refractivity contribution is 9.10. The van der Waals surface area contributed by atoms with Crippen molar-refractivity contribution < 1.29 is 18.7 Å². The van der Waals surface area contributed by atoms with Gasteiger partial charge in [-0.2, -0.15) is 0 Å². The van der Waals surface area contributed by atoms with Gasteiger partial charge in [0.1, 0.15) is 0 Å². The summed E-state index contributed by atoms with van der Waals surface area (Å²) >= 11 is 2.99. The van der Waals surface area contributed by atoms with E-state index in [1.54, 1.807) is 0 Å². The lowest BCUT2D eigenvalue weighted by Gasteiger charge is -2.11. The molecule has 1 unspecified atom stereocenters. The minimum Gasteiger partial charge on any atom is -0.481 e. The Morgan fingerprint density at radius 3 is 2.53 bits per heavy atom. The molecule has 1 aromatic carbocycles. The Kier molecular flexibility index (Phi) is 3.76. The van der Waals surface area contributed by atoms with Gasteiger partial charge in [-0.3, -0.25) is 4.79 Å². The van der Waals surface area contributed by atoms with Crippen molar-refractivity contribution in [1.29, 1.82) is 0 Å². The average molecular weight is 280 g/mol. The molecule has 15 heavy (non-hydrogen) atoms. The summed E-state index contributed by atoms with van der Waals surface area (Å²) in [5.41, 5.74) is 5.75. The van der Waals surface area contributed by atoms with Crippen LogP contribution in [0.15, 0.2) is 16.6 Å². The van der Waals surface area contributed by atoms with E-state index in [1.807, 2.05) is 0 Å². The van der Waals surface area contributed by atoms with Crippen LogP contribution in [-0.2, 0) is 4.79 Å². The highest BCUT2D eigenvalue weighted by atomic mass is 79.9. The molecule has 3 nitrogen and oxygen atoms in total. The van der Waals surface area contributed by atoms with Crippen LogP contribution in [0.1, 0.15) is 18.0 Å². The van der Waals surface area contributed by atoms with Crippen molar-refractivity contribution in [3.63, 3.8) is 0 Å². The van der Waals surface area contributed by atoms with Crippen LogP contribution in [-0.4, -0.2) is 11.1 Å². The van der Waals surface area contributed by atoms with Crippen LogP contribution in [0, 0.1) is 11.6 Å². The first-order chi connectivity index (χ1) is 6.91. The van der Waals surface area contributed by atoms with Crippen molar-refractivity contribution in [3.05, 3.63) is 33.8 Å². The molecule has 0 radical (unpaired) electrons. The van der Waals surface area contributed by atoms with Crippen molar-refractivity contribution >= 4 is 21.9 Å². The molecular formula is C9H8BrF2NO2. The number of aliphatic carboxylic acids is 1. The summed E-state index contributed by atoms with van der Waals surface area (Å²) < 4.78 is 25.8. The van der Waals surface area contributed by atoms with Crippen LogP contribution >= 0.6 is 15.9 Å². The van der Waals surface area contributed by atoms with Gasteiger partial charge < -0.3 is 10.8 Å². The fourth-order valence-electron chi connectivity index (χ4n) is 1.12. The topological polar surface area (TPSA) is 63.3 Å². The van der Waals surface area contributed by atoms with Crippen LogP contribution in [0.4, 0.5) is 8.78 Å². The second-order valence-corrected chi connectivity index (χ2v) is 3.85. The third-order valence-electron chi connectivity index (χ3n) is 1.83. The Morgan fingerprint density at radius 1 is 1.47 bits per heavy atom. The molecule has 0 aromatic heterocycles. The summed E-state index contributed by atoms with van der Waals surface area (Å²) in [6.45, 7) is 0. The van der Waals surface area contributed by atoms with Gasteiger partial charge >= 0.3 is 5.97 Å². The van der Waals surface area contributed by atoms with Gasteiger partial charge in [-0.15, -0.1) is 0 Å². The number of carboxylic acid groups (broad SMARTS) is 1. The summed E-state index contributed by atoms with van der Waals surface area (Å²) in [6, 6.07) is 0.950. The lowest BCUT2D eigenvalue weighted by molar-refractivity contribution is -0.137.